The summed E-state index contributed by atoms with van der Waals surface area (Å²) in [5.74, 6) is 0. The molecule has 0 radical (unpaired) electrons. The Balaban J connectivity index is 1.66. The lowest BCUT2D eigenvalue weighted by Crippen LogP contribution is -2.46. The number of piperazine rings is 1. The summed E-state index contributed by atoms with van der Waals surface area (Å²) in [6, 6.07) is 13.6. The van der Waals surface area contributed by atoms with E-state index in [4.69, 9.17) is 0 Å². The van der Waals surface area contributed by atoms with Crippen LogP contribution in [0.2, 0.25) is 0 Å². The van der Waals surface area contributed by atoms with Gasteiger partial charge in [0, 0.05) is 38.8 Å². The fourth-order valence-corrected chi connectivity index (χ4v) is 3.24. The molecule has 1 aliphatic heterocycles. The lowest BCUT2D eigenvalue weighted by Gasteiger charge is -2.36. The van der Waals surface area contributed by atoms with Crippen molar-refractivity contribution in [2.24, 2.45) is 0 Å². The minimum Gasteiger partial charge on any atom is -0.363 e. The summed E-state index contributed by atoms with van der Waals surface area (Å²) < 4.78 is 0. The number of aryl methyl sites for hydroxylation is 2. The predicted molar refractivity (Wildman–Crippen MR) is 96.5 cm³/mol. The number of nitrogens with zero attached hydrogens (tertiary/aromatic N) is 3. The number of para-hydroxylation sites is 2. The van der Waals surface area contributed by atoms with Crippen molar-refractivity contribution >= 4 is 11.4 Å². The van der Waals surface area contributed by atoms with Crippen LogP contribution in [0.25, 0.3) is 0 Å². The molecule has 2 aromatic carbocycles. The van der Waals surface area contributed by atoms with Gasteiger partial charge in [0.15, 0.2) is 0 Å². The molecule has 5 nitrogen and oxygen atoms in total. The molecule has 0 aliphatic carbocycles. The molecular formula is C19H23N3O2. The van der Waals surface area contributed by atoms with E-state index in [2.05, 4.69) is 41.8 Å². The highest BCUT2D eigenvalue weighted by Crippen LogP contribution is 2.28. The van der Waals surface area contributed by atoms with Crippen molar-refractivity contribution in [3.63, 3.8) is 0 Å². The van der Waals surface area contributed by atoms with Gasteiger partial charge in [-0.2, -0.15) is 0 Å². The van der Waals surface area contributed by atoms with E-state index in [1.807, 2.05) is 12.1 Å². The monoisotopic (exact) mass is 325 g/mol. The van der Waals surface area contributed by atoms with Crippen LogP contribution < -0.4 is 4.90 Å². The van der Waals surface area contributed by atoms with Gasteiger partial charge in [-0.15, -0.1) is 0 Å². The second-order valence-corrected chi connectivity index (χ2v) is 6.44. The molecule has 1 aliphatic rings. The summed E-state index contributed by atoms with van der Waals surface area (Å²) in [6.45, 7) is 8.68. The van der Waals surface area contributed by atoms with Gasteiger partial charge in [0.1, 0.15) is 5.69 Å². The Morgan fingerprint density at radius 2 is 1.75 bits per heavy atom. The van der Waals surface area contributed by atoms with E-state index >= 15 is 0 Å². The number of nitro benzene ring substituents is 1. The molecule has 3 rings (SSSR count). The standard InChI is InChI=1S/C19H23N3O2/c1-15-7-8-16(2)17(13-15)14-20-9-11-21(12-10-20)18-5-3-4-6-19(18)22(23)24/h3-8,13H,9-12,14H2,1-2H3. The highest BCUT2D eigenvalue weighted by molar-refractivity contribution is 5.63. The molecule has 0 spiro atoms. The molecule has 1 heterocycles. The van der Waals surface area contributed by atoms with E-state index in [9.17, 15) is 10.1 Å². The van der Waals surface area contributed by atoms with Crippen molar-refractivity contribution in [1.82, 2.24) is 4.90 Å². The topological polar surface area (TPSA) is 49.6 Å². The van der Waals surface area contributed by atoms with Crippen LogP contribution in [0.15, 0.2) is 42.5 Å². The molecule has 0 atom stereocenters. The van der Waals surface area contributed by atoms with Crippen molar-refractivity contribution in [1.29, 1.82) is 0 Å². The highest BCUT2D eigenvalue weighted by atomic mass is 16.6. The Labute approximate surface area is 142 Å². The summed E-state index contributed by atoms with van der Waals surface area (Å²) in [5.41, 5.74) is 4.90. The average molecular weight is 325 g/mol. The van der Waals surface area contributed by atoms with E-state index in [1.165, 1.54) is 16.7 Å². The minimum atomic E-state index is -0.294. The number of rotatable bonds is 4. The number of hydrogen-bond donors (Lipinski definition) is 0. The first-order chi connectivity index (χ1) is 11.5. The van der Waals surface area contributed by atoms with Crippen molar-refractivity contribution in [2.75, 3.05) is 31.1 Å². The molecule has 0 unspecified atom stereocenters. The Hall–Kier alpha value is -2.40. The van der Waals surface area contributed by atoms with Crippen molar-refractivity contribution in [3.05, 3.63) is 69.3 Å². The molecule has 24 heavy (non-hydrogen) atoms. The van der Waals surface area contributed by atoms with E-state index in [1.54, 1.807) is 12.1 Å². The molecule has 0 saturated carbocycles. The van der Waals surface area contributed by atoms with Crippen LogP contribution in [0.4, 0.5) is 11.4 Å². The summed E-state index contributed by atoms with van der Waals surface area (Å²) in [5, 5.41) is 11.2. The summed E-state index contributed by atoms with van der Waals surface area (Å²) in [4.78, 5) is 15.5. The Morgan fingerprint density at radius 1 is 1.04 bits per heavy atom. The zero-order valence-electron chi connectivity index (χ0n) is 14.2. The van der Waals surface area contributed by atoms with Crippen LogP contribution in [-0.2, 0) is 6.54 Å². The van der Waals surface area contributed by atoms with Crippen LogP contribution in [0.1, 0.15) is 16.7 Å². The maximum absolute atomic E-state index is 11.2. The largest absolute Gasteiger partial charge is 0.363 e. The van der Waals surface area contributed by atoms with Gasteiger partial charge in [-0.3, -0.25) is 15.0 Å². The van der Waals surface area contributed by atoms with E-state index in [0.717, 1.165) is 38.4 Å². The van der Waals surface area contributed by atoms with Crippen molar-refractivity contribution < 1.29 is 4.92 Å². The normalized spacial score (nSPS) is 15.5. The van der Waals surface area contributed by atoms with Gasteiger partial charge in [-0.1, -0.05) is 35.9 Å². The first-order valence-corrected chi connectivity index (χ1v) is 8.31. The Morgan fingerprint density at radius 3 is 2.46 bits per heavy atom. The molecule has 0 amide bonds. The molecule has 1 saturated heterocycles. The van der Waals surface area contributed by atoms with Crippen molar-refractivity contribution in [2.45, 2.75) is 20.4 Å². The van der Waals surface area contributed by atoms with E-state index < -0.39 is 0 Å². The van der Waals surface area contributed by atoms with Gasteiger partial charge in [0.25, 0.3) is 5.69 Å². The second kappa shape index (κ2) is 7.01. The average Bonchev–Trinajstić information content (AvgIpc) is 2.59. The molecule has 0 N–H and O–H groups in total. The van der Waals surface area contributed by atoms with Crippen molar-refractivity contribution in [3.8, 4) is 0 Å². The summed E-state index contributed by atoms with van der Waals surface area (Å²) >= 11 is 0. The maximum Gasteiger partial charge on any atom is 0.292 e. The van der Waals surface area contributed by atoms with Crippen LogP contribution in [-0.4, -0.2) is 36.0 Å². The second-order valence-electron chi connectivity index (χ2n) is 6.44. The van der Waals surface area contributed by atoms with E-state index in [-0.39, 0.29) is 10.6 Å². The molecule has 5 heteroatoms. The third kappa shape index (κ3) is 3.57. The minimum absolute atomic E-state index is 0.195. The molecule has 0 bridgehead atoms. The third-order valence-corrected chi connectivity index (χ3v) is 4.69. The van der Waals surface area contributed by atoms with Gasteiger partial charge in [-0.25, -0.2) is 0 Å². The molecule has 0 aromatic heterocycles. The molecule has 2 aromatic rings. The summed E-state index contributed by atoms with van der Waals surface area (Å²) in [7, 11) is 0. The first-order valence-electron chi connectivity index (χ1n) is 8.31. The molecule has 1 fully saturated rings. The fourth-order valence-electron chi connectivity index (χ4n) is 3.24. The number of anilines is 1. The molecule has 126 valence electrons. The van der Waals surface area contributed by atoms with Crippen LogP contribution in [0.3, 0.4) is 0 Å². The Bertz CT molecular complexity index is 737. The van der Waals surface area contributed by atoms with Crippen LogP contribution >= 0.6 is 0 Å². The van der Waals surface area contributed by atoms with Gasteiger partial charge in [-0.05, 0) is 31.0 Å². The first kappa shape index (κ1) is 16.5. The number of hydrogen-bond acceptors (Lipinski definition) is 4. The van der Waals surface area contributed by atoms with Gasteiger partial charge >= 0.3 is 0 Å². The Kier molecular flexibility index (Phi) is 4.81. The fraction of sp³-hybridized carbons (Fsp3) is 0.368. The van der Waals surface area contributed by atoms with Crippen LogP contribution in [0, 0.1) is 24.0 Å². The lowest BCUT2D eigenvalue weighted by molar-refractivity contribution is -0.384. The van der Waals surface area contributed by atoms with Gasteiger partial charge in [0.05, 0.1) is 4.92 Å². The predicted octanol–water partition coefficient (Wildman–Crippen LogP) is 3.53. The third-order valence-electron chi connectivity index (χ3n) is 4.69. The SMILES string of the molecule is Cc1ccc(C)c(CN2CCN(c3ccccc3[N+](=O)[O-])CC2)c1. The smallest absolute Gasteiger partial charge is 0.292 e. The maximum atomic E-state index is 11.2. The number of nitro groups is 1. The quantitative estimate of drug-likeness (QED) is 0.637. The summed E-state index contributed by atoms with van der Waals surface area (Å²) in [6.07, 6.45) is 0. The van der Waals surface area contributed by atoms with Gasteiger partial charge in [0.2, 0.25) is 0 Å². The van der Waals surface area contributed by atoms with Gasteiger partial charge < -0.3 is 4.90 Å². The van der Waals surface area contributed by atoms with E-state index in [0.29, 0.717) is 0 Å². The molecular weight excluding hydrogens is 302 g/mol. The lowest BCUT2D eigenvalue weighted by atomic mass is 10.0. The van der Waals surface area contributed by atoms with Crippen LogP contribution in [0.5, 0.6) is 0 Å². The number of benzene rings is 2. The zero-order valence-corrected chi connectivity index (χ0v) is 14.2. The zero-order chi connectivity index (χ0) is 17.1. The highest BCUT2D eigenvalue weighted by Gasteiger charge is 2.23.